The van der Waals surface area contributed by atoms with Crippen LogP contribution in [0, 0.1) is 6.92 Å². The van der Waals surface area contributed by atoms with Crippen LogP contribution in [0.5, 0.6) is 11.6 Å². The second kappa shape index (κ2) is 11.8. The number of pyridine rings is 1. The van der Waals surface area contributed by atoms with Gasteiger partial charge in [-0.15, -0.1) is 16.4 Å². The van der Waals surface area contributed by atoms with Crippen molar-refractivity contribution in [1.82, 2.24) is 20.1 Å². The summed E-state index contributed by atoms with van der Waals surface area (Å²) in [4.78, 5) is 31.1. The maximum Gasteiger partial charge on any atom is 0.274 e. The molecule has 0 atom stereocenters. The van der Waals surface area contributed by atoms with Crippen LogP contribution in [-0.2, 0) is 0 Å². The lowest BCUT2D eigenvalue weighted by atomic mass is 10.1. The maximum absolute atomic E-state index is 13.6. The molecule has 192 valence electrons. The molecule has 8 nitrogen and oxygen atoms in total. The Hall–Kier alpha value is -3.40. The Bertz CT molecular complexity index is 1420. The lowest BCUT2D eigenvalue weighted by molar-refractivity contribution is 0.0935. The number of hydrogen-bond donors (Lipinski definition) is 2. The maximum atomic E-state index is 13.6. The Balaban J connectivity index is 1.73. The van der Waals surface area contributed by atoms with Crippen molar-refractivity contribution in [2.24, 2.45) is 0 Å². The number of nitrogens with zero attached hydrogens (tertiary/aromatic N) is 3. The Morgan fingerprint density at radius 3 is 2.59 bits per heavy atom. The van der Waals surface area contributed by atoms with E-state index in [0.29, 0.717) is 27.0 Å². The van der Waals surface area contributed by atoms with E-state index in [1.165, 1.54) is 22.1 Å². The van der Waals surface area contributed by atoms with Gasteiger partial charge < -0.3 is 15.4 Å². The van der Waals surface area contributed by atoms with E-state index in [1.807, 2.05) is 24.6 Å². The molecule has 0 saturated carbocycles. The number of carbonyl (C=O) groups is 2. The third-order valence-electron chi connectivity index (χ3n) is 5.68. The highest BCUT2D eigenvalue weighted by Gasteiger charge is 2.24. The van der Waals surface area contributed by atoms with Crippen molar-refractivity contribution in [1.29, 1.82) is 0 Å². The Kier molecular flexibility index (Phi) is 8.48. The number of amides is 2. The number of aryl methyl sites for hydroxylation is 1. The number of hydrogen-bond acceptors (Lipinski definition) is 6. The fourth-order valence-corrected chi connectivity index (χ4v) is 4.74. The summed E-state index contributed by atoms with van der Waals surface area (Å²) in [5.41, 5.74) is 1.36. The van der Waals surface area contributed by atoms with Crippen molar-refractivity contribution in [3.8, 4) is 17.4 Å². The zero-order chi connectivity index (χ0) is 26.5. The van der Waals surface area contributed by atoms with Gasteiger partial charge in [-0.2, -0.15) is 0 Å². The molecule has 0 unspecified atom stereocenters. The highest BCUT2D eigenvalue weighted by molar-refractivity contribution is 7.08. The van der Waals surface area contributed by atoms with Crippen molar-refractivity contribution in [3.63, 3.8) is 0 Å². The van der Waals surface area contributed by atoms with Crippen molar-refractivity contribution in [3.05, 3.63) is 80.2 Å². The molecule has 4 aromatic rings. The number of aromatic nitrogens is 3. The molecule has 1 aromatic carbocycles. The third-order valence-corrected chi connectivity index (χ3v) is 6.86. The van der Waals surface area contributed by atoms with Crippen LogP contribution in [0.1, 0.15) is 53.1 Å². The monoisotopic (exact) mass is 557 g/mol. The van der Waals surface area contributed by atoms with Gasteiger partial charge >= 0.3 is 0 Å². The van der Waals surface area contributed by atoms with Crippen molar-refractivity contribution in [2.45, 2.75) is 39.7 Å². The molecule has 0 spiro atoms. The van der Waals surface area contributed by atoms with Crippen LogP contribution < -0.4 is 15.4 Å². The normalized spacial score (nSPS) is 11.0. The summed E-state index contributed by atoms with van der Waals surface area (Å²) in [6.07, 6.45) is 3.11. The molecule has 2 amide bonds. The summed E-state index contributed by atoms with van der Waals surface area (Å²) in [6, 6.07) is 9.84. The second-order valence-electron chi connectivity index (χ2n) is 8.24. The lowest BCUT2D eigenvalue weighted by Crippen LogP contribution is -2.34. The molecule has 0 radical (unpaired) electrons. The van der Waals surface area contributed by atoms with E-state index in [0.717, 1.165) is 12.8 Å². The number of carbonyl (C=O) groups excluding carboxylic acids is 2. The van der Waals surface area contributed by atoms with Crippen LogP contribution in [0.3, 0.4) is 0 Å². The molecule has 0 fully saturated rings. The van der Waals surface area contributed by atoms with Crippen molar-refractivity contribution >= 4 is 52.0 Å². The van der Waals surface area contributed by atoms with Gasteiger partial charge in [-0.05, 0) is 61.0 Å². The summed E-state index contributed by atoms with van der Waals surface area (Å²) < 4.78 is 7.13. The Morgan fingerprint density at radius 2 is 1.92 bits per heavy atom. The predicted molar refractivity (Wildman–Crippen MR) is 147 cm³/mol. The van der Waals surface area contributed by atoms with Gasteiger partial charge in [-0.25, -0.2) is 9.67 Å². The molecule has 0 saturated heterocycles. The third kappa shape index (κ3) is 6.12. The molecule has 0 bridgehead atoms. The fourth-order valence-electron chi connectivity index (χ4n) is 3.72. The molecule has 0 aliphatic heterocycles. The number of thiophene rings is 1. The number of anilines is 1. The van der Waals surface area contributed by atoms with Crippen LogP contribution in [-0.4, -0.2) is 32.6 Å². The van der Waals surface area contributed by atoms with Crippen molar-refractivity contribution < 1.29 is 14.3 Å². The van der Waals surface area contributed by atoms with E-state index in [2.05, 4.69) is 20.7 Å². The topological polar surface area (TPSA) is 98.1 Å². The van der Waals surface area contributed by atoms with Gasteiger partial charge in [-0.1, -0.05) is 37.0 Å². The average Bonchev–Trinajstić information content (AvgIpc) is 3.54. The highest BCUT2D eigenvalue weighted by Crippen LogP contribution is 2.29. The van der Waals surface area contributed by atoms with E-state index in [9.17, 15) is 9.59 Å². The van der Waals surface area contributed by atoms with Gasteiger partial charge in [0, 0.05) is 28.7 Å². The second-order valence-corrected chi connectivity index (χ2v) is 9.86. The molecular formula is C26H25Cl2N5O3S. The number of rotatable bonds is 9. The van der Waals surface area contributed by atoms with Gasteiger partial charge in [0.25, 0.3) is 11.8 Å². The number of ether oxygens (including phenoxy) is 1. The van der Waals surface area contributed by atoms with Gasteiger partial charge in [-0.3, -0.25) is 9.59 Å². The Labute approximate surface area is 228 Å². The zero-order valence-corrected chi connectivity index (χ0v) is 22.7. The molecule has 4 rings (SSSR count). The van der Waals surface area contributed by atoms with E-state index in [1.54, 1.807) is 43.5 Å². The molecule has 3 aromatic heterocycles. The van der Waals surface area contributed by atoms with E-state index < -0.39 is 5.91 Å². The summed E-state index contributed by atoms with van der Waals surface area (Å²) in [5.74, 6) is 0.176. The number of nitrogens with one attached hydrogen (secondary N) is 2. The number of halogens is 2. The van der Waals surface area contributed by atoms with E-state index >= 15 is 0 Å². The molecule has 11 heteroatoms. The summed E-state index contributed by atoms with van der Waals surface area (Å²) >= 11 is 14.1. The van der Waals surface area contributed by atoms with Gasteiger partial charge in [0.05, 0.1) is 16.3 Å². The minimum Gasteiger partial charge on any atom is -0.437 e. The van der Waals surface area contributed by atoms with Crippen molar-refractivity contribution in [2.75, 3.05) is 5.32 Å². The average molecular weight is 558 g/mol. The molecule has 0 aliphatic carbocycles. The minimum atomic E-state index is -0.531. The minimum absolute atomic E-state index is 0.000111. The SMILES string of the molecule is CCC(CC)NC(=O)c1cc(Cl)cc(C)c1NC(=O)c1cc(Oc2ccsc2)nn1-c1ncccc1Cl. The van der Waals surface area contributed by atoms with Crippen LogP contribution in [0.25, 0.3) is 5.82 Å². The molecule has 2 N–H and O–H groups in total. The standard InChI is InChI=1S/C26H25Cl2N5O3S/c1-4-17(5-2)30-25(34)19-12-16(27)11-15(3)23(19)31-26(35)21-13-22(36-18-8-10-37-14-18)32-33(21)24-20(28)7-6-9-29-24/h6-14,17H,4-5H2,1-3H3,(H,30,34)(H,31,35). The molecule has 0 aliphatic rings. The molecule has 3 heterocycles. The van der Waals surface area contributed by atoms with E-state index in [-0.39, 0.29) is 34.9 Å². The van der Waals surface area contributed by atoms with Gasteiger partial charge in [0.2, 0.25) is 5.88 Å². The molecular weight excluding hydrogens is 533 g/mol. The lowest BCUT2D eigenvalue weighted by Gasteiger charge is -2.18. The fraction of sp³-hybridized carbons (Fsp3) is 0.231. The summed E-state index contributed by atoms with van der Waals surface area (Å²) in [6.45, 7) is 5.77. The van der Waals surface area contributed by atoms with Crippen LogP contribution >= 0.6 is 34.5 Å². The zero-order valence-electron chi connectivity index (χ0n) is 20.4. The first kappa shape index (κ1) is 26.7. The van der Waals surface area contributed by atoms with Crippen LogP contribution in [0.4, 0.5) is 5.69 Å². The summed E-state index contributed by atoms with van der Waals surface area (Å²) in [5, 5.41) is 14.7. The summed E-state index contributed by atoms with van der Waals surface area (Å²) in [7, 11) is 0. The molecule has 37 heavy (non-hydrogen) atoms. The van der Waals surface area contributed by atoms with Crippen LogP contribution in [0.2, 0.25) is 10.0 Å². The first-order valence-electron chi connectivity index (χ1n) is 11.6. The first-order chi connectivity index (χ1) is 17.8. The van der Waals surface area contributed by atoms with E-state index in [4.69, 9.17) is 27.9 Å². The largest absolute Gasteiger partial charge is 0.437 e. The quantitative estimate of drug-likeness (QED) is 0.233. The predicted octanol–water partition coefficient (Wildman–Crippen LogP) is 6.91. The van der Waals surface area contributed by atoms with Crippen LogP contribution in [0.15, 0.2) is 53.4 Å². The van der Waals surface area contributed by atoms with Gasteiger partial charge in [0.15, 0.2) is 5.82 Å². The van der Waals surface area contributed by atoms with Gasteiger partial charge in [0.1, 0.15) is 11.4 Å². The Morgan fingerprint density at radius 1 is 1.14 bits per heavy atom. The highest BCUT2D eigenvalue weighted by atomic mass is 35.5. The first-order valence-corrected chi connectivity index (χ1v) is 13.3. The smallest absolute Gasteiger partial charge is 0.274 e. The number of benzene rings is 1.